The number of aromatic amines is 1. The van der Waals surface area contributed by atoms with Crippen LogP contribution in [0.15, 0.2) is 42.5 Å². The summed E-state index contributed by atoms with van der Waals surface area (Å²) >= 11 is 0. The van der Waals surface area contributed by atoms with Crippen molar-refractivity contribution in [1.82, 2.24) is 20.3 Å². The predicted molar refractivity (Wildman–Crippen MR) is 127 cm³/mol. The number of hydrogen-bond donors (Lipinski definition) is 3. The summed E-state index contributed by atoms with van der Waals surface area (Å²) < 4.78 is 5.85. The molecule has 9 heteroatoms. The van der Waals surface area contributed by atoms with E-state index in [1.807, 2.05) is 31.2 Å². The number of carbonyl (C=O) groups is 1. The minimum absolute atomic E-state index is 0. The van der Waals surface area contributed by atoms with Gasteiger partial charge in [-0.05, 0) is 36.2 Å². The third-order valence-electron chi connectivity index (χ3n) is 5.52. The summed E-state index contributed by atoms with van der Waals surface area (Å²) in [5, 5.41) is 13.6. The van der Waals surface area contributed by atoms with Crippen LogP contribution in [0.25, 0.3) is 33.1 Å². The number of aromatic nitrogens is 3. The van der Waals surface area contributed by atoms with Gasteiger partial charge in [0.15, 0.2) is 0 Å². The molecule has 3 N–H and O–H groups in total. The first-order chi connectivity index (χ1) is 15.1. The van der Waals surface area contributed by atoms with Crippen LogP contribution in [0.5, 0.6) is 5.88 Å². The molecule has 0 atom stereocenters. The van der Waals surface area contributed by atoms with Crippen LogP contribution in [0.3, 0.4) is 0 Å². The average molecular weight is 454 g/mol. The Morgan fingerprint density at radius 1 is 1.12 bits per heavy atom. The van der Waals surface area contributed by atoms with Crippen LogP contribution in [-0.4, -0.2) is 58.8 Å². The first-order valence-electron chi connectivity index (χ1n) is 10.4. The van der Waals surface area contributed by atoms with E-state index in [1.165, 1.54) is 0 Å². The molecule has 1 saturated heterocycles. The summed E-state index contributed by atoms with van der Waals surface area (Å²) in [5.41, 5.74) is 4.54. The summed E-state index contributed by atoms with van der Waals surface area (Å²) in [6.45, 7) is 5.95. The largest absolute Gasteiger partial charge is 0.478 e. The van der Waals surface area contributed by atoms with E-state index in [2.05, 4.69) is 20.2 Å². The molecule has 0 bridgehead atoms. The number of nitrogens with one attached hydrogen (secondary N) is 2. The van der Waals surface area contributed by atoms with Gasteiger partial charge in [0.05, 0.1) is 12.2 Å². The Kier molecular flexibility index (Phi) is 6.16. The summed E-state index contributed by atoms with van der Waals surface area (Å²) in [4.78, 5) is 26.5. The molecule has 1 aliphatic rings. The number of carboxylic acids is 1. The van der Waals surface area contributed by atoms with Crippen molar-refractivity contribution in [2.75, 3.05) is 37.7 Å². The van der Waals surface area contributed by atoms with Gasteiger partial charge in [0.25, 0.3) is 0 Å². The van der Waals surface area contributed by atoms with Crippen LogP contribution in [0.2, 0.25) is 0 Å². The van der Waals surface area contributed by atoms with Crippen molar-refractivity contribution in [2.24, 2.45) is 0 Å². The van der Waals surface area contributed by atoms with Gasteiger partial charge in [0, 0.05) is 37.1 Å². The Bertz CT molecular complexity index is 1280. The zero-order valence-corrected chi connectivity index (χ0v) is 18.4. The van der Waals surface area contributed by atoms with Crippen molar-refractivity contribution >= 4 is 46.3 Å². The lowest BCUT2D eigenvalue weighted by molar-refractivity contribution is 0.0697. The molecule has 3 heterocycles. The maximum Gasteiger partial charge on any atom is 0.335 e. The number of piperazine rings is 1. The second kappa shape index (κ2) is 9.02. The Morgan fingerprint density at radius 2 is 1.91 bits per heavy atom. The van der Waals surface area contributed by atoms with E-state index >= 15 is 0 Å². The third-order valence-corrected chi connectivity index (χ3v) is 5.52. The van der Waals surface area contributed by atoms with E-state index in [9.17, 15) is 9.90 Å². The lowest BCUT2D eigenvalue weighted by Gasteiger charge is -2.27. The van der Waals surface area contributed by atoms with E-state index < -0.39 is 5.97 Å². The number of carboxylic acid groups (broad SMARTS) is 1. The minimum atomic E-state index is -0.939. The molecule has 32 heavy (non-hydrogen) atoms. The molecule has 0 unspecified atom stereocenters. The molecular formula is C23H24ClN5O3. The maximum absolute atomic E-state index is 11.3. The number of halogens is 1. The topological polar surface area (TPSA) is 103 Å². The quantitative estimate of drug-likeness (QED) is 0.423. The molecule has 4 aromatic rings. The second-order valence-electron chi connectivity index (χ2n) is 7.49. The highest BCUT2D eigenvalue weighted by Crippen LogP contribution is 2.33. The van der Waals surface area contributed by atoms with Gasteiger partial charge in [-0.1, -0.05) is 24.3 Å². The third kappa shape index (κ3) is 3.94. The first kappa shape index (κ1) is 21.9. The summed E-state index contributed by atoms with van der Waals surface area (Å²) in [6, 6.07) is 13.0. The normalized spacial score (nSPS) is 13.8. The van der Waals surface area contributed by atoms with E-state index in [-0.39, 0.29) is 18.0 Å². The Morgan fingerprint density at radius 3 is 2.66 bits per heavy atom. The zero-order chi connectivity index (χ0) is 21.4. The van der Waals surface area contributed by atoms with Crippen LogP contribution >= 0.6 is 12.4 Å². The molecule has 0 radical (unpaired) electrons. The average Bonchev–Trinajstić information content (AvgIpc) is 3.18. The molecule has 0 spiro atoms. The van der Waals surface area contributed by atoms with Crippen LogP contribution in [0.4, 0.5) is 5.95 Å². The fraction of sp³-hybridized carbons (Fsp3) is 0.261. The molecule has 5 rings (SSSR count). The van der Waals surface area contributed by atoms with Crippen LogP contribution in [0, 0.1) is 0 Å². The number of anilines is 1. The number of aromatic carboxylic acids is 1. The standard InChI is InChI=1S/C23H23N5O3.ClH/c1-2-31-21-20-19(26-23(27-21)28-10-8-24-9-11-28)17-7-6-15(13-18(17)25-20)14-4-3-5-16(12-14)22(29)30;/h3-7,12-13,24-25H,2,8-11H2,1H3,(H,29,30);1H. The van der Waals surface area contributed by atoms with Gasteiger partial charge in [-0.2, -0.15) is 4.98 Å². The number of fused-ring (bicyclic) bond motifs is 3. The molecule has 1 fully saturated rings. The molecule has 0 amide bonds. The Balaban J connectivity index is 0.00000245. The van der Waals surface area contributed by atoms with Gasteiger partial charge >= 0.3 is 5.97 Å². The van der Waals surface area contributed by atoms with Crippen molar-refractivity contribution in [3.05, 3.63) is 48.0 Å². The van der Waals surface area contributed by atoms with Gasteiger partial charge in [-0.25, -0.2) is 9.78 Å². The number of ether oxygens (including phenoxy) is 1. The molecule has 2 aromatic carbocycles. The van der Waals surface area contributed by atoms with Gasteiger partial charge in [-0.3, -0.25) is 0 Å². The summed E-state index contributed by atoms with van der Waals surface area (Å²) in [7, 11) is 0. The van der Waals surface area contributed by atoms with Gasteiger partial charge < -0.3 is 25.0 Å². The maximum atomic E-state index is 11.3. The summed E-state index contributed by atoms with van der Waals surface area (Å²) in [5.74, 6) is 0.286. The molecule has 8 nitrogen and oxygen atoms in total. The van der Waals surface area contributed by atoms with E-state index in [0.29, 0.717) is 18.4 Å². The lowest BCUT2D eigenvalue weighted by atomic mass is 10.0. The van der Waals surface area contributed by atoms with Gasteiger partial charge in [-0.15, -0.1) is 12.4 Å². The molecule has 2 aromatic heterocycles. The zero-order valence-electron chi connectivity index (χ0n) is 17.6. The van der Waals surface area contributed by atoms with Crippen molar-refractivity contribution in [1.29, 1.82) is 0 Å². The first-order valence-corrected chi connectivity index (χ1v) is 10.4. The second-order valence-corrected chi connectivity index (χ2v) is 7.49. The molecule has 166 valence electrons. The number of benzene rings is 2. The van der Waals surface area contributed by atoms with Crippen LogP contribution in [-0.2, 0) is 0 Å². The van der Waals surface area contributed by atoms with E-state index in [4.69, 9.17) is 9.72 Å². The molecular weight excluding hydrogens is 430 g/mol. The van der Waals surface area contributed by atoms with E-state index in [1.54, 1.807) is 18.2 Å². The fourth-order valence-corrected chi connectivity index (χ4v) is 3.98. The van der Waals surface area contributed by atoms with Crippen molar-refractivity contribution in [3.8, 4) is 17.0 Å². The van der Waals surface area contributed by atoms with Crippen LogP contribution < -0.4 is 15.0 Å². The predicted octanol–water partition coefficient (Wildman–Crippen LogP) is 3.71. The minimum Gasteiger partial charge on any atom is -0.478 e. The van der Waals surface area contributed by atoms with Gasteiger partial charge in [0.2, 0.25) is 11.8 Å². The monoisotopic (exact) mass is 453 g/mol. The number of hydrogen-bond acceptors (Lipinski definition) is 6. The molecule has 1 aliphatic heterocycles. The van der Waals surface area contributed by atoms with Crippen molar-refractivity contribution in [3.63, 3.8) is 0 Å². The van der Waals surface area contributed by atoms with E-state index in [0.717, 1.165) is 59.2 Å². The molecule has 0 saturated carbocycles. The summed E-state index contributed by atoms with van der Waals surface area (Å²) in [6.07, 6.45) is 0. The highest BCUT2D eigenvalue weighted by molar-refractivity contribution is 6.08. The Labute approximate surface area is 191 Å². The SMILES string of the molecule is CCOc1nc(N2CCNCC2)nc2c1[nH]c1cc(-c3cccc(C(=O)O)c3)ccc12.Cl. The highest BCUT2D eigenvalue weighted by atomic mass is 35.5. The van der Waals surface area contributed by atoms with Crippen molar-refractivity contribution < 1.29 is 14.6 Å². The highest BCUT2D eigenvalue weighted by Gasteiger charge is 2.19. The number of nitrogens with zero attached hydrogens (tertiary/aromatic N) is 3. The smallest absolute Gasteiger partial charge is 0.335 e. The van der Waals surface area contributed by atoms with Crippen LogP contribution in [0.1, 0.15) is 17.3 Å². The lowest BCUT2D eigenvalue weighted by Crippen LogP contribution is -2.44. The van der Waals surface area contributed by atoms with Crippen molar-refractivity contribution in [2.45, 2.75) is 6.92 Å². The number of rotatable bonds is 5. The fourth-order valence-electron chi connectivity index (χ4n) is 3.98. The number of H-pyrrole nitrogens is 1. The van der Waals surface area contributed by atoms with Gasteiger partial charge in [0.1, 0.15) is 11.0 Å². The molecule has 0 aliphatic carbocycles. The Hall–Kier alpha value is -3.36.